The van der Waals surface area contributed by atoms with Gasteiger partial charge in [0.05, 0.1) is 30.1 Å². The first-order valence-electron chi connectivity index (χ1n) is 12.4. The molecule has 4 rings (SSSR count). The van der Waals surface area contributed by atoms with E-state index in [1.54, 1.807) is 0 Å². The summed E-state index contributed by atoms with van der Waals surface area (Å²) in [5, 5.41) is 11.4. The van der Waals surface area contributed by atoms with Gasteiger partial charge >= 0.3 is 0 Å². The van der Waals surface area contributed by atoms with Crippen molar-refractivity contribution in [3.8, 4) is 6.07 Å². The Bertz CT molecular complexity index is 842. The Balaban J connectivity index is 1.30. The van der Waals surface area contributed by atoms with Crippen molar-refractivity contribution in [1.82, 2.24) is 10.2 Å². The van der Waals surface area contributed by atoms with Crippen LogP contribution in [-0.4, -0.2) is 72.7 Å². The highest BCUT2D eigenvalue weighted by atomic mass is 32.2. The van der Waals surface area contributed by atoms with E-state index in [0.29, 0.717) is 11.8 Å². The lowest BCUT2D eigenvalue weighted by Gasteiger charge is -2.40. The van der Waals surface area contributed by atoms with Gasteiger partial charge in [-0.05, 0) is 55.9 Å². The number of morpholine rings is 1. The lowest BCUT2D eigenvalue weighted by Crippen LogP contribution is -2.49. The largest absolute Gasteiger partial charge is 0.379 e. The van der Waals surface area contributed by atoms with E-state index in [1.165, 1.54) is 18.5 Å². The van der Waals surface area contributed by atoms with E-state index in [1.807, 2.05) is 18.2 Å². The zero-order valence-electron chi connectivity index (χ0n) is 19.4. The number of piperidine rings is 1. The van der Waals surface area contributed by atoms with Gasteiger partial charge in [0.1, 0.15) is 6.54 Å². The van der Waals surface area contributed by atoms with Crippen LogP contribution in [0.2, 0.25) is 0 Å². The Labute approximate surface area is 199 Å². The Morgan fingerprint density at radius 3 is 2.45 bits per heavy atom. The number of nitrogens with one attached hydrogen (secondary N) is 1. The number of nitriles is 1. The molecule has 3 aliphatic rings. The first kappa shape index (κ1) is 24.2. The maximum Gasteiger partial charge on any atom is 0.224 e. The number of anilines is 1. The van der Waals surface area contributed by atoms with Crippen LogP contribution < -0.4 is 10.2 Å². The van der Waals surface area contributed by atoms with Crippen LogP contribution in [0.4, 0.5) is 5.69 Å². The van der Waals surface area contributed by atoms with Crippen LogP contribution in [0.25, 0.3) is 0 Å². The lowest BCUT2D eigenvalue weighted by molar-refractivity contribution is -0.127. The van der Waals surface area contributed by atoms with E-state index in [0.717, 1.165) is 70.0 Å². The zero-order chi connectivity index (χ0) is 23.0. The Hall–Kier alpha value is -1.95. The Morgan fingerprint density at radius 2 is 1.76 bits per heavy atom. The minimum atomic E-state index is -1.13. The van der Waals surface area contributed by atoms with E-state index in [9.17, 15) is 9.00 Å². The minimum absolute atomic E-state index is 0.0380. The molecule has 1 aliphatic carbocycles. The molecule has 0 spiro atoms. The SMILES string of the molecule is N#CCNC(=O)C1CCCCC1CS(=O)c1ccc(N2CCC(N3CCOCC3)CC2)cc1. The van der Waals surface area contributed by atoms with E-state index >= 15 is 0 Å². The van der Waals surface area contributed by atoms with Crippen molar-refractivity contribution >= 4 is 22.4 Å². The summed E-state index contributed by atoms with van der Waals surface area (Å²) in [6.07, 6.45) is 6.17. The molecule has 1 aromatic rings. The predicted octanol–water partition coefficient (Wildman–Crippen LogP) is 2.54. The van der Waals surface area contributed by atoms with Gasteiger partial charge in [0.15, 0.2) is 0 Å². The van der Waals surface area contributed by atoms with Gasteiger partial charge in [0, 0.05) is 54.5 Å². The van der Waals surface area contributed by atoms with Crippen molar-refractivity contribution in [1.29, 1.82) is 5.26 Å². The number of carbonyl (C=O) groups excluding carboxylic acids is 1. The number of hydrogen-bond donors (Lipinski definition) is 1. The van der Waals surface area contributed by atoms with Gasteiger partial charge in [-0.2, -0.15) is 5.26 Å². The van der Waals surface area contributed by atoms with Crippen molar-refractivity contribution < 1.29 is 13.7 Å². The molecule has 1 amide bonds. The highest BCUT2D eigenvalue weighted by Gasteiger charge is 2.32. The second kappa shape index (κ2) is 12.0. The predicted molar refractivity (Wildman–Crippen MR) is 129 cm³/mol. The zero-order valence-corrected chi connectivity index (χ0v) is 20.2. The van der Waals surface area contributed by atoms with E-state index < -0.39 is 10.8 Å². The fraction of sp³-hybridized carbons (Fsp3) is 0.680. The molecule has 1 saturated carbocycles. The standard InChI is InChI=1S/C25H36N4O3S/c26-11-12-27-25(30)24-4-2-1-3-20(24)19-33(31)23-7-5-21(6-8-23)28-13-9-22(10-14-28)29-15-17-32-18-16-29/h5-8,20,22,24H,1-4,9-10,12-19H2,(H,27,30). The number of nitrogens with zero attached hydrogens (tertiary/aromatic N) is 3. The minimum Gasteiger partial charge on any atom is -0.379 e. The Kier molecular flexibility index (Phi) is 8.76. The molecule has 2 aliphatic heterocycles. The molecule has 3 atom stereocenters. The molecular formula is C25H36N4O3S. The summed E-state index contributed by atoms with van der Waals surface area (Å²) < 4.78 is 18.6. The molecule has 3 unspecified atom stereocenters. The fourth-order valence-corrected chi connectivity index (χ4v) is 6.96. The number of ether oxygens (including phenoxy) is 1. The van der Waals surface area contributed by atoms with Crippen LogP contribution in [0.5, 0.6) is 0 Å². The van der Waals surface area contributed by atoms with Crippen molar-refractivity contribution in [2.24, 2.45) is 11.8 Å². The normalized spacial score (nSPS) is 25.8. The summed E-state index contributed by atoms with van der Waals surface area (Å²) in [5.74, 6) is 0.420. The molecule has 0 aromatic heterocycles. The average Bonchev–Trinajstić information content (AvgIpc) is 2.88. The van der Waals surface area contributed by atoms with Gasteiger partial charge in [0.2, 0.25) is 5.91 Å². The molecule has 0 radical (unpaired) electrons. The number of amides is 1. The topological polar surface area (TPSA) is 85.7 Å². The summed E-state index contributed by atoms with van der Waals surface area (Å²) in [5.41, 5.74) is 1.20. The summed E-state index contributed by atoms with van der Waals surface area (Å²) in [7, 11) is -1.13. The highest BCUT2D eigenvalue weighted by Crippen LogP contribution is 2.32. The summed E-state index contributed by atoms with van der Waals surface area (Å²) in [6.45, 7) is 5.93. The molecule has 3 fully saturated rings. The van der Waals surface area contributed by atoms with Crippen molar-refractivity contribution in [3.05, 3.63) is 24.3 Å². The van der Waals surface area contributed by atoms with Gasteiger partial charge in [-0.25, -0.2) is 0 Å². The molecule has 1 aromatic carbocycles. The van der Waals surface area contributed by atoms with Crippen LogP contribution in [0.3, 0.4) is 0 Å². The lowest BCUT2D eigenvalue weighted by atomic mass is 9.80. The molecule has 2 saturated heterocycles. The number of carbonyl (C=O) groups is 1. The van der Waals surface area contributed by atoms with Crippen LogP contribution >= 0.6 is 0 Å². The maximum atomic E-state index is 13.1. The first-order valence-corrected chi connectivity index (χ1v) is 13.7. The molecule has 2 heterocycles. The third-order valence-electron chi connectivity index (χ3n) is 7.44. The molecule has 180 valence electrons. The third kappa shape index (κ3) is 6.34. The molecular weight excluding hydrogens is 436 g/mol. The van der Waals surface area contributed by atoms with Crippen molar-refractivity contribution in [2.75, 3.05) is 56.6 Å². The monoisotopic (exact) mass is 472 g/mol. The van der Waals surface area contributed by atoms with E-state index in [2.05, 4.69) is 27.2 Å². The second-order valence-corrected chi connectivity index (χ2v) is 10.9. The van der Waals surface area contributed by atoms with E-state index in [4.69, 9.17) is 10.00 Å². The third-order valence-corrected chi connectivity index (χ3v) is 8.97. The quantitative estimate of drug-likeness (QED) is 0.614. The van der Waals surface area contributed by atoms with Gasteiger partial charge in [-0.15, -0.1) is 0 Å². The summed E-state index contributed by atoms with van der Waals surface area (Å²) >= 11 is 0. The molecule has 7 nitrogen and oxygen atoms in total. The van der Waals surface area contributed by atoms with Crippen molar-refractivity contribution in [3.63, 3.8) is 0 Å². The highest BCUT2D eigenvalue weighted by molar-refractivity contribution is 7.85. The van der Waals surface area contributed by atoms with Crippen molar-refractivity contribution in [2.45, 2.75) is 49.5 Å². The van der Waals surface area contributed by atoms with Gasteiger partial charge in [-0.3, -0.25) is 13.9 Å². The van der Waals surface area contributed by atoms with Gasteiger partial charge in [-0.1, -0.05) is 12.8 Å². The number of rotatable bonds is 7. The van der Waals surface area contributed by atoms with Gasteiger partial charge < -0.3 is 15.0 Å². The summed E-state index contributed by atoms with van der Waals surface area (Å²) in [4.78, 5) is 18.3. The molecule has 0 bridgehead atoms. The second-order valence-electron chi connectivity index (χ2n) is 9.40. The maximum absolute atomic E-state index is 13.1. The first-order chi connectivity index (χ1) is 16.2. The number of hydrogen-bond acceptors (Lipinski definition) is 6. The summed E-state index contributed by atoms with van der Waals surface area (Å²) in [6, 6.07) is 10.8. The van der Waals surface area contributed by atoms with Crippen LogP contribution in [0.1, 0.15) is 38.5 Å². The van der Waals surface area contributed by atoms with Crippen LogP contribution in [-0.2, 0) is 20.3 Å². The van der Waals surface area contributed by atoms with Crippen LogP contribution in [0.15, 0.2) is 29.2 Å². The molecule has 33 heavy (non-hydrogen) atoms. The smallest absolute Gasteiger partial charge is 0.224 e. The molecule has 1 N–H and O–H groups in total. The number of benzene rings is 1. The fourth-order valence-electron chi connectivity index (χ4n) is 5.54. The molecule has 8 heteroatoms. The van der Waals surface area contributed by atoms with E-state index in [-0.39, 0.29) is 24.3 Å². The van der Waals surface area contributed by atoms with Crippen LogP contribution in [0, 0.1) is 23.2 Å². The Morgan fingerprint density at radius 1 is 1.06 bits per heavy atom. The van der Waals surface area contributed by atoms with Gasteiger partial charge in [0.25, 0.3) is 0 Å². The average molecular weight is 473 g/mol.